The van der Waals surface area contributed by atoms with E-state index < -0.39 is 0 Å². The molecular weight excluding hydrogens is 194 g/mol. The lowest BCUT2D eigenvalue weighted by molar-refractivity contribution is -0.169. The van der Waals surface area contributed by atoms with Crippen LogP contribution in [-0.2, 0) is 14.2 Å². The van der Waals surface area contributed by atoms with E-state index in [2.05, 4.69) is 5.32 Å². The fourth-order valence-electron chi connectivity index (χ4n) is 1.99. The van der Waals surface area contributed by atoms with Crippen LogP contribution < -0.4 is 5.32 Å². The summed E-state index contributed by atoms with van der Waals surface area (Å²) in [6.45, 7) is 5.42. The van der Waals surface area contributed by atoms with Crippen molar-refractivity contribution in [3.05, 3.63) is 0 Å². The summed E-state index contributed by atoms with van der Waals surface area (Å²) < 4.78 is 16.5. The Balaban J connectivity index is 2.30. The molecule has 1 rings (SSSR count). The first-order valence-corrected chi connectivity index (χ1v) is 5.66. The van der Waals surface area contributed by atoms with Gasteiger partial charge in [0.15, 0.2) is 0 Å². The summed E-state index contributed by atoms with van der Waals surface area (Å²) in [6.07, 6.45) is 1.57. The Morgan fingerprint density at radius 3 is 2.73 bits per heavy atom. The number of ether oxygens (including phenoxy) is 3. The summed E-state index contributed by atoms with van der Waals surface area (Å²) in [4.78, 5) is 0. The number of nitrogens with one attached hydrogen (secondary N) is 1. The molecule has 0 heterocycles. The van der Waals surface area contributed by atoms with Crippen molar-refractivity contribution in [2.45, 2.75) is 44.6 Å². The summed E-state index contributed by atoms with van der Waals surface area (Å²) in [5, 5.41) is 3.24. The predicted molar refractivity (Wildman–Crippen MR) is 59.1 cm³/mol. The Hall–Kier alpha value is -0.160. The largest absolute Gasteiger partial charge is 0.382 e. The van der Waals surface area contributed by atoms with Crippen LogP contribution in [0.1, 0.15) is 20.3 Å². The molecule has 0 spiro atoms. The maximum Gasteiger partial charge on any atom is 0.0990 e. The van der Waals surface area contributed by atoms with E-state index in [1.165, 1.54) is 0 Å². The predicted octanol–water partition coefficient (Wildman–Crippen LogP) is 0.803. The molecule has 1 aliphatic carbocycles. The number of methoxy groups -OCH3 is 1. The molecule has 0 aliphatic heterocycles. The smallest absolute Gasteiger partial charge is 0.0990 e. The van der Waals surface area contributed by atoms with Crippen molar-refractivity contribution < 1.29 is 14.2 Å². The van der Waals surface area contributed by atoms with Gasteiger partial charge in [0.1, 0.15) is 0 Å². The van der Waals surface area contributed by atoms with Gasteiger partial charge in [-0.15, -0.1) is 0 Å². The molecule has 0 amide bonds. The molecule has 1 N–H and O–H groups in total. The lowest BCUT2D eigenvalue weighted by Crippen LogP contribution is -2.60. The van der Waals surface area contributed by atoms with Gasteiger partial charge in [0.2, 0.25) is 0 Å². The zero-order chi connectivity index (χ0) is 11.3. The van der Waals surface area contributed by atoms with Gasteiger partial charge in [-0.1, -0.05) is 0 Å². The highest BCUT2D eigenvalue weighted by molar-refractivity contribution is 4.96. The number of rotatable bonds is 7. The average Bonchev–Trinajstić information content (AvgIpc) is 2.20. The molecule has 0 aromatic heterocycles. The molecule has 4 nitrogen and oxygen atoms in total. The topological polar surface area (TPSA) is 39.7 Å². The molecule has 0 aromatic rings. The second-order valence-corrected chi connectivity index (χ2v) is 3.99. The van der Waals surface area contributed by atoms with E-state index in [1.54, 1.807) is 7.11 Å². The number of likely N-dealkylation sites (N-methyl/N-ethyl adjacent to an activating group) is 1. The first kappa shape index (κ1) is 12.9. The Morgan fingerprint density at radius 1 is 1.47 bits per heavy atom. The fourth-order valence-corrected chi connectivity index (χ4v) is 1.99. The summed E-state index contributed by atoms with van der Waals surface area (Å²) >= 11 is 0. The molecule has 4 unspecified atom stereocenters. The lowest BCUT2D eigenvalue weighted by atomic mass is 9.85. The van der Waals surface area contributed by atoms with Crippen LogP contribution in [0.5, 0.6) is 0 Å². The zero-order valence-corrected chi connectivity index (χ0v) is 10.2. The van der Waals surface area contributed by atoms with Gasteiger partial charge in [-0.05, 0) is 27.3 Å². The van der Waals surface area contributed by atoms with Gasteiger partial charge >= 0.3 is 0 Å². The van der Waals surface area contributed by atoms with Gasteiger partial charge in [0.05, 0.1) is 24.9 Å². The Bertz CT molecular complexity index is 177. The first-order chi connectivity index (χ1) is 7.22. The van der Waals surface area contributed by atoms with E-state index in [0.717, 1.165) is 13.0 Å². The van der Waals surface area contributed by atoms with Crippen molar-refractivity contribution in [3.63, 3.8) is 0 Å². The number of hydrogen-bond donors (Lipinski definition) is 1. The minimum atomic E-state index is 0.140. The summed E-state index contributed by atoms with van der Waals surface area (Å²) in [5.41, 5.74) is 0. The monoisotopic (exact) mass is 217 g/mol. The van der Waals surface area contributed by atoms with E-state index in [0.29, 0.717) is 12.6 Å². The molecule has 0 aromatic carbocycles. The van der Waals surface area contributed by atoms with Gasteiger partial charge in [0, 0.05) is 19.8 Å². The van der Waals surface area contributed by atoms with Crippen LogP contribution in [0.3, 0.4) is 0 Å². The highest BCUT2D eigenvalue weighted by atomic mass is 16.6. The van der Waals surface area contributed by atoms with E-state index in [4.69, 9.17) is 14.2 Å². The minimum absolute atomic E-state index is 0.140. The summed E-state index contributed by atoms with van der Waals surface area (Å²) in [6, 6.07) is 0.435. The van der Waals surface area contributed by atoms with Gasteiger partial charge in [-0.2, -0.15) is 0 Å². The Morgan fingerprint density at radius 2 is 2.20 bits per heavy atom. The zero-order valence-electron chi connectivity index (χ0n) is 10.2. The van der Waals surface area contributed by atoms with Crippen LogP contribution in [0.15, 0.2) is 0 Å². The van der Waals surface area contributed by atoms with Crippen LogP contribution in [-0.4, -0.2) is 51.7 Å². The quantitative estimate of drug-likeness (QED) is 0.685. The van der Waals surface area contributed by atoms with E-state index in [9.17, 15) is 0 Å². The van der Waals surface area contributed by atoms with Crippen molar-refractivity contribution in [1.82, 2.24) is 5.32 Å². The maximum atomic E-state index is 5.83. The molecule has 1 fully saturated rings. The molecule has 15 heavy (non-hydrogen) atoms. The van der Waals surface area contributed by atoms with Crippen molar-refractivity contribution in [2.75, 3.05) is 27.4 Å². The number of hydrogen-bond acceptors (Lipinski definition) is 4. The van der Waals surface area contributed by atoms with Crippen molar-refractivity contribution in [1.29, 1.82) is 0 Å². The second kappa shape index (κ2) is 6.43. The molecule has 1 saturated carbocycles. The van der Waals surface area contributed by atoms with Crippen molar-refractivity contribution in [2.24, 2.45) is 0 Å². The SMILES string of the molecule is CCOC1C(NC)CC1OC(C)COC. The molecule has 90 valence electrons. The molecular formula is C11H23NO3. The second-order valence-electron chi connectivity index (χ2n) is 3.99. The molecule has 0 radical (unpaired) electrons. The van der Waals surface area contributed by atoms with E-state index in [-0.39, 0.29) is 18.3 Å². The van der Waals surface area contributed by atoms with Crippen LogP contribution in [0.25, 0.3) is 0 Å². The highest BCUT2D eigenvalue weighted by Gasteiger charge is 2.42. The van der Waals surface area contributed by atoms with Crippen LogP contribution in [0.2, 0.25) is 0 Å². The first-order valence-electron chi connectivity index (χ1n) is 5.66. The van der Waals surface area contributed by atoms with Crippen molar-refractivity contribution in [3.8, 4) is 0 Å². The molecule has 0 saturated heterocycles. The van der Waals surface area contributed by atoms with Crippen LogP contribution in [0, 0.1) is 0 Å². The van der Waals surface area contributed by atoms with Crippen molar-refractivity contribution >= 4 is 0 Å². The lowest BCUT2D eigenvalue weighted by Gasteiger charge is -2.44. The van der Waals surface area contributed by atoms with E-state index >= 15 is 0 Å². The van der Waals surface area contributed by atoms with Gasteiger partial charge in [0.25, 0.3) is 0 Å². The summed E-state index contributed by atoms with van der Waals surface area (Å²) in [7, 11) is 3.66. The molecule has 0 bridgehead atoms. The molecule has 1 aliphatic rings. The minimum Gasteiger partial charge on any atom is -0.382 e. The third kappa shape index (κ3) is 3.41. The molecule has 4 heteroatoms. The maximum absolute atomic E-state index is 5.83. The highest BCUT2D eigenvalue weighted by Crippen LogP contribution is 2.28. The summed E-state index contributed by atoms with van der Waals surface area (Å²) in [5.74, 6) is 0. The molecule has 4 atom stereocenters. The van der Waals surface area contributed by atoms with Gasteiger partial charge in [-0.25, -0.2) is 0 Å². The van der Waals surface area contributed by atoms with Crippen LogP contribution in [0.4, 0.5) is 0 Å². The third-order valence-corrected chi connectivity index (χ3v) is 2.79. The fraction of sp³-hybridized carbons (Fsp3) is 1.00. The Kier molecular flexibility index (Phi) is 5.53. The van der Waals surface area contributed by atoms with Gasteiger partial charge in [-0.3, -0.25) is 0 Å². The average molecular weight is 217 g/mol. The normalized spacial score (nSPS) is 32.4. The third-order valence-electron chi connectivity index (χ3n) is 2.79. The van der Waals surface area contributed by atoms with E-state index in [1.807, 2.05) is 20.9 Å². The standard InChI is InChI=1S/C11H23NO3/c1-5-14-11-9(12-3)6-10(11)15-8(2)7-13-4/h8-12H,5-7H2,1-4H3. The van der Waals surface area contributed by atoms with Gasteiger partial charge < -0.3 is 19.5 Å². The Labute approximate surface area is 92.3 Å². The van der Waals surface area contributed by atoms with Crippen LogP contribution >= 0.6 is 0 Å².